The standard InChI is InChI=1S/C19H23FN6O/c1-12(27)26-6-2-3-16(11-26)23-18-17(20)10-22-19(25-18)24-15-5-4-13-8-21-9-14(13)7-15/h4-5,7,10,16,21H,2-3,6,8-9,11H2,1H3,(H2,22,23,24,25)/t16-/m1/s1. The van der Waals surface area contributed by atoms with E-state index in [0.717, 1.165) is 44.4 Å². The smallest absolute Gasteiger partial charge is 0.229 e. The first kappa shape index (κ1) is 17.7. The Bertz CT molecular complexity index is 858. The topological polar surface area (TPSA) is 82.2 Å². The van der Waals surface area contributed by atoms with Gasteiger partial charge in [-0.2, -0.15) is 4.98 Å². The predicted molar refractivity (Wildman–Crippen MR) is 101 cm³/mol. The third-order valence-electron chi connectivity index (χ3n) is 5.04. The number of likely N-dealkylation sites (tertiary alicyclic amines) is 1. The van der Waals surface area contributed by atoms with Crippen LogP contribution in [0.15, 0.2) is 24.4 Å². The Kier molecular flexibility index (Phi) is 4.89. The number of benzene rings is 1. The van der Waals surface area contributed by atoms with Crippen molar-refractivity contribution in [2.75, 3.05) is 23.7 Å². The summed E-state index contributed by atoms with van der Waals surface area (Å²) in [6, 6.07) is 6.07. The zero-order valence-electron chi connectivity index (χ0n) is 15.3. The molecule has 3 N–H and O–H groups in total. The molecule has 1 saturated heterocycles. The number of nitrogens with one attached hydrogen (secondary N) is 3. The van der Waals surface area contributed by atoms with Crippen molar-refractivity contribution in [3.05, 3.63) is 41.3 Å². The summed E-state index contributed by atoms with van der Waals surface area (Å²) >= 11 is 0. The molecule has 1 aromatic heterocycles. The number of aromatic nitrogens is 2. The molecule has 4 rings (SSSR count). The van der Waals surface area contributed by atoms with Crippen molar-refractivity contribution in [1.82, 2.24) is 20.2 Å². The molecule has 0 aliphatic carbocycles. The molecule has 1 fully saturated rings. The highest BCUT2D eigenvalue weighted by Crippen LogP contribution is 2.23. The predicted octanol–water partition coefficient (Wildman–Crippen LogP) is 2.39. The van der Waals surface area contributed by atoms with Gasteiger partial charge in [0, 0.05) is 44.8 Å². The van der Waals surface area contributed by atoms with Gasteiger partial charge in [0.15, 0.2) is 11.6 Å². The summed E-state index contributed by atoms with van der Waals surface area (Å²) in [5, 5.41) is 9.58. The van der Waals surface area contributed by atoms with Crippen LogP contribution < -0.4 is 16.0 Å². The Hall–Kier alpha value is -2.74. The first-order valence-corrected chi connectivity index (χ1v) is 9.22. The van der Waals surface area contributed by atoms with Gasteiger partial charge in [0.25, 0.3) is 0 Å². The quantitative estimate of drug-likeness (QED) is 0.767. The van der Waals surface area contributed by atoms with Gasteiger partial charge in [-0.25, -0.2) is 9.37 Å². The maximum atomic E-state index is 14.2. The molecule has 0 radical (unpaired) electrons. The lowest BCUT2D eigenvalue weighted by Crippen LogP contribution is -2.44. The second-order valence-corrected chi connectivity index (χ2v) is 7.05. The molecule has 7 nitrogen and oxygen atoms in total. The molecule has 0 spiro atoms. The average Bonchev–Trinajstić information content (AvgIpc) is 3.12. The molecule has 8 heteroatoms. The van der Waals surface area contributed by atoms with Crippen molar-refractivity contribution in [2.24, 2.45) is 0 Å². The van der Waals surface area contributed by atoms with E-state index in [4.69, 9.17) is 0 Å². The van der Waals surface area contributed by atoms with Gasteiger partial charge in [-0.3, -0.25) is 4.79 Å². The van der Waals surface area contributed by atoms with Gasteiger partial charge in [-0.1, -0.05) is 6.07 Å². The van der Waals surface area contributed by atoms with Crippen molar-refractivity contribution in [2.45, 2.75) is 38.9 Å². The van der Waals surface area contributed by atoms with Gasteiger partial charge in [0.1, 0.15) is 0 Å². The van der Waals surface area contributed by atoms with Crippen molar-refractivity contribution in [1.29, 1.82) is 0 Å². The molecular formula is C19H23FN6O. The highest BCUT2D eigenvalue weighted by molar-refractivity contribution is 5.73. The van der Waals surface area contributed by atoms with E-state index in [1.165, 1.54) is 11.1 Å². The van der Waals surface area contributed by atoms with Gasteiger partial charge < -0.3 is 20.9 Å². The van der Waals surface area contributed by atoms with Gasteiger partial charge in [-0.05, 0) is 36.1 Å². The summed E-state index contributed by atoms with van der Waals surface area (Å²) in [5.41, 5.74) is 3.40. The number of halogens is 1. The molecule has 0 saturated carbocycles. The van der Waals surface area contributed by atoms with E-state index in [1.54, 1.807) is 11.8 Å². The molecule has 3 heterocycles. The number of hydrogen-bond donors (Lipinski definition) is 3. The minimum absolute atomic E-state index is 0.0223. The van der Waals surface area contributed by atoms with Crippen LogP contribution in [0.5, 0.6) is 0 Å². The maximum Gasteiger partial charge on any atom is 0.229 e. The Morgan fingerprint density at radius 3 is 3.04 bits per heavy atom. The minimum atomic E-state index is -0.501. The normalized spacial score (nSPS) is 18.9. The monoisotopic (exact) mass is 370 g/mol. The SMILES string of the molecule is CC(=O)N1CCC[C@@H](Nc2nc(Nc3ccc4c(c3)CNC4)ncc2F)C1. The fourth-order valence-corrected chi connectivity index (χ4v) is 3.60. The van der Waals surface area contributed by atoms with Crippen molar-refractivity contribution >= 4 is 23.4 Å². The number of amides is 1. The molecule has 27 heavy (non-hydrogen) atoms. The van der Waals surface area contributed by atoms with E-state index >= 15 is 0 Å². The van der Waals surface area contributed by atoms with Crippen LogP contribution >= 0.6 is 0 Å². The van der Waals surface area contributed by atoms with E-state index in [9.17, 15) is 9.18 Å². The third kappa shape index (κ3) is 4.00. The third-order valence-corrected chi connectivity index (χ3v) is 5.04. The summed E-state index contributed by atoms with van der Waals surface area (Å²) in [5.74, 6) is 0.0338. The first-order chi connectivity index (χ1) is 13.1. The lowest BCUT2D eigenvalue weighted by molar-refractivity contribution is -0.129. The van der Waals surface area contributed by atoms with Crippen LogP contribution in [0.3, 0.4) is 0 Å². The first-order valence-electron chi connectivity index (χ1n) is 9.22. The Morgan fingerprint density at radius 1 is 1.33 bits per heavy atom. The number of carbonyl (C=O) groups excluding carboxylic acids is 1. The minimum Gasteiger partial charge on any atom is -0.363 e. The van der Waals surface area contributed by atoms with E-state index in [0.29, 0.717) is 12.5 Å². The van der Waals surface area contributed by atoms with Crippen LogP contribution in [-0.2, 0) is 17.9 Å². The number of anilines is 3. The van der Waals surface area contributed by atoms with Crippen LogP contribution in [-0.4, -0.2) is 39.9 Å². The van der Waals surface area contributed by atoms with Gasteiger partial charge in [0.2, 0.25) is 11.9 Å². The van der Waals surface area contributed by atoms with E-state index in [2.05, 4.69) is 38.1 Å². The van der Waals surface area contributed by atoms with Crippen molar-refractivity contribution in [3.8, 4) is 0 Å². The zero-order valence-corrected chi connectivity index (χ0v) is 15.3. The maximum absolute atomic E-state index is 14.2. The second kappa shape index (κ2) is 7.48. The van der Waals surface area contributed by atoms with Crippen LogP contribution in [0.2, 0.25) is 0 Å². The number of nitrogens with zero attached hydrogens (tertiary/aromatic N) is 3. The summed E-state index contributed by atoms with van der Waals surface area (Å²) in [7, 11) is 0. The second-order valence-electron chi connectivity index (χ2n) is 7.05. The number of rotatable bonds is 4. The van der Waals surface area contributed by atoms with Crippen molar-refractivity contribution in [3.63, 3.8) is 0 Å². The molecular weight excluding hydrogens is 347 g/mol. The van der Waals surface area contributed by atoms with Crippen LogP contribution in [0.1, 0.15) is 30.9 Å². The number of piperidine rings is 1. The fraction of sp³-hybridized carbons (Fsp3) is 0.421. The molecule has 2 aromatic rings. The summed E-state index contributed by atoms with van der Waals surface area (Å²) in [6.45, 7) is 4.59. The highest BCUT2D eigenvalue weighted by atomic mass is 19.1. The average molecular weight is 370 g/mol. The molecule has 2 aliphatic heterocycles. The van der Waals surface area contributed by atoms with E-state index in [1.807, 2.05) is 6.07 Å². The molecule has 2 aliphatic rings. The Morgan fingerprint density at radius 2 is 2.19 bits per heavy atom. The van der Waals surface area contributed by atoms with Gasteiger partial charge in [0.05, 0.1) is 6.20 Å². The van der Waals surface area contributed by atoms with Crippen molar-refractivity contribution < 1.29 is 9.18 Å². The Labute approximate surface area is 157 Å². The van der Waals surface area contributed by atoms with E-state index in [-0.39, 0.29) is 17.8 Å². The fourth-order valence-electron chi connectivity index (χ4n) is 3.60. The summed E-state index contributed by atoms with van der Waals surface area (Å²) < 4.78 is 14.2. The van der Waals surface area contributed by atoms with Crippen LogP contribution in [0.25, 0.3) is 0 Å². The van der Waals surface area contributed by atoms with Crippen LogP contribution in [0.4, 0.5) is 21.8 Å². The largest absolute Gasteiger partial charge is 0.363 e. The number of carbonyl (C=O) groups is 1. The van der Waals surface area contributed by atoms with Gasteiger partial charge >= 0.3 is 0 Å². The lowest BCUT2D eigenvalue weighted by Gasteiger charge is -2.32. The lowest BCUT2D eigenvalue weighted by atomic mass is 10.1. The molecule has 1 amide bonds. The highest BCUT2D eigenvalue weighted by Gasteiger charge is 2.23. The molecule has 142 valence electrons. The molecule has 1 atom stereocenters. The molecule has 1 aromatic carbocycles. The molecule has 0 bridgehead atoms. The Balaban J connectivity index is 1.47. The molecule has 0 unspecified atom stereocenters. The summed E-state index contributed by atoms with van der Waals surface area (Å²) in [6.07, 6.45) is 2.92. The number of fused-ring (bicyclic) bond motifs is 1. The number of hydrogen-bond acceptors (Lipinski definition) is 6. The van der Waals surface area contributed by atoms with Crippen LogP contribution in [0, 0.1) is 5.82 Å². The summed E-state index contributed by atoms with van der Waals surface area (Å²) in [4.78, 5) is 21.7. The zero-order chi connectivity index (χ0) is 18.8. The van der Waals surface area contributed by atoms with Gasteiger partial charge in [-0.15, -0.1) is 0 Å². The van der Waals surface area contributed by atoms with E-state index < -0.39 is 5.82 Å².